The number of azo groups is 2. The van der Waals surface area contributed by atoms with Crippen molar-refractivity contribution in [3.63, 3.8) is 0 Å². The Bertz CT molecular complexity index is 1080. The fourth-order valence-corrected chi connectivity index (χ4v) is 2.85. The fourth-order valence-electron chi connectivity index (χ4n) is 2.85. The van der Waals surface area contributed by atoms with Crippen LogP contribution in [0.5, 0.6) is 11.5 Å². The van der Waals surface area contributed by atoms with Gasteiger partial charge in [-0.15, -0.1) is 20.5 Å². The molecule has 0 fully saturated rings. The summed E-state index contributed by atoms with van der Waals surface area (Å²) in [6, 6.07) is 14.8. The van der Waals surface area contributed by atoms with Gasteiger partial charge in [0.15, 0.2) is 5.82 Å². The molecule has 2 heterocycles. The highest BCUT2D eigenvalue weighted by Gasteiger charge is 2.08. The minimum atomic E-state index is 0.321. The third kappa shape index (κ3) is 5.96. The third-order valence-electron chi connectivity index (χ3n) is 4.42. The van der Waals surface area contributed by atoms with Gasteiger partial charge in [-0.25, -0.2) is 0 Å². The van der Waals surface area contributed by atoms with Crippen molar-refractivity contribution in [3.8, 4) is 11.5 Å². The second kappa shape index (κ2) is 11.1. The SMILES string of the molecule is Cc1[nH]c2nc1N=Nc1ccccc1OCCOCCOCCOc1ccccc1N=N2. The number of benzene rings is 2. The summed E-state index contributed by atoms with van der Waals surface area (Å²) in [5, 5.41) is 17.0. The highest BCUT2D eigenvalue weighted by atomic mass is 16.6. The summed E-state index contributed by atoms with van der Waals surface area (Å²) in [7, 11) is 0. The number of aromatic amines is 1. The molecular weight excluding hydrogens is 412 g/mol. The minimum absolute atomic E-state index is 0.321. The average molecular weight is 436 g/mol. The van der Waals surface area contributed by atoms with Crippen LogP contribution in [0.4, 0.5) is 23.1 Å². The van der Waals surface area contributed by atoms with Crippen LogP contribution in [0.25, 0.3) is 0 Å². The number of nitrogens with one attached hydrogen (secondary N) is 1. The van der Waals surface area contributed by atoms with Gasteiger partial charge in [-0.1, -0.05) is 24.3 Å². The Morgan fingerprint density at radius 1 is 0.656 bits per heavy atom. The van der Waals surface area contributed by atoms with Crippen LogP contribution in [0, 0.1) is 6.92 Å². The lowest BCUT2D eigenvalue weighted by Crippen LogP contribution is -2.13. The maximum Gasteiger partial charge on any atom is 0.249 e. The predicted octanol–water partition coefficient (Wildman–Crippen LogP) is 5.35. The van der Waals surface area contributed by atoms with Crippen LogP contribution in [0.3, 0.4) is 0 Å². The predicted molar refractivity (Wildman–Crippen MR) is 117 cm³/mol. The van der Waals surface area contributed by atoms with Gasteiger partial charge < -0.3 is 23.9 Å². The monoisotopic (exact) mass is 436 g/mol. The molecule has 166 valence electrons. The topological polar surface area (TPSA) is 115 Å². The quantitative estimate of drug-likeness (QED) is 0.510. The minimum Gasteiger partial charge on any atom is -0.489 e. The molecule has 0 saturated carbocycles. The Morgan fingerprint density at radius 3 is 1.81 bits per heavy atom. The van der Waals surface area contributed by atoms with Crippen molar-refractivity contribution in [2.75, 3.05) is 39.6 Å². The van der Waals surface area contributed by atoms with E-state index in [1.54, 1.807) is 0 Å². The van der Waals surface area contributed by atoms with Crippen LogP contribution in [-0.4, -0.2) is 49.6 Å². The average Bonchev–Trinajstić information content (AvgIpc) is 3.17. The Morgan fingerprint density at radius 2 is 1.19 bits per heavy atom. The smallest absolute Gasteiger partial charge is 0.249 e. The highest BCUT2D eigenvalue weighted by molar-refractivity contribution is 5.52. The van der Waals surface area contributed by atoms with Crippen LogP contribution in [0.15, 0.2) is 69.0 Å². The maximum atomic E-state index is 5.79. The van der Waals surface area contributed by atoms with Crippen molar-refractivity contribution in [3.05, 3.63) is 54.2 Å². The summed E-state index contributed by atoms with van der Waals surface area (Å²) < 4.78 is 22.7. The van der Waals surface area contributed by atoms with Crippen molar-refractivity contribution >= 4 is 23.1 Å². The zero-order chi connectivity index (χ0) is 22.0. The van der Waals surface area contributed by atoms with E-state index in [0.717, 1.165) is 5.69 Å². The Kier molecular flexibility index (Phi) is 7.51. The van der Waals surface area contributed by atoms with E-state index in [4.69, 9.17) is 18.9 Å². The molecule has 3 aromatic rings. The number of nitrogens with zero attached hydrogens (tertiary/aromatic N) is 5. The number of fused-ring (bicyclic) bond motifs is 4. The van der Waals surface area contributed by atoms with E-state index in [1.807, 2.05) is 55.5 Å². The van der Waals surface area contributed by atoms with Crippen LogP contribution >= 0.6 is 0 Å². The number of rotatable bonds is 0. The molecule has 0 spiro atoms. The van der Waals surface area contributed by atoms with E-state index < -0.39 is 0 Å². The molecule has 0 radical (unpaired) electrons. The van der Waals surface area contributed by atoms with Gasteiger partial charge in [-0.2, -0.15) is 4.98 Å². The van der Waals surface area contributed by atoms with Crippen LogP contribution in [0.1, 0.15) is 5.69 Å². The van der Waals surface area contributed by atoms with Crippen molar-refractivity contribution < 1.29 is 18.9 Å². The first kappa shape index (κ1) is 21.6. The molecule has 4 rings (SSSR count). The highest BCUT2D eigenvalue weighted by Crippen LogP contribution is 2.31. The van der Waals surface area contributed by atoms with Gasteiger partial charge in [0, 0.05) is 0 Å². The number of imidazole rings is 1. The number of hydrogen-bond acceptors (Lipinski definition) is 9. The van der Waals surface area contributed by atoms with Crippen LogP contribution in [0.2, 0.25) is 0 Å². The zero-order valence-electron chi connectivity index (χ0n) is 17.7. The van der Waals surface area contributed by atoms with Gasteiger partial charge in [0.1, 0.15) is 36.1 Å². The molecule has 10 heteroatoms. The molecule has 0 amide bonds. The fraction of sp³-hybridized carbons (Fsp3) is 0.318. The molecule has 0 saturated heterocycles. The number of hydrogen-bond donors (Lipinski definition) is 1. The van der Waals surface area contributed by atoms with Gasteiger partial charge in [0.25, 0.3) is 0 Å². The van der Waals surface area contributed by atoms with Gasteiger partial charge in [0.05, 0.1) is 32.1 Å². The zero-order valence-corrected chi connectivity index (χ0v) is 17.7. The van der Waals surface area contributed by atoms with Crippen LogP contribution in [-0.2, 0) is 9.47 Å². The molecule has 10 nitrogen and oxygen atoms in total. The molecule has 1 aromatic heterocycles. The van der Waals surface area contributed by atoms with Crippen molar-refractivity contribution in [1.82, 2.24) is 9.97 Å². The maximum absolute atomic E-state index is 5.79. The number of aryl methyl sites for hydroxylation is 1. The van der Waals surface area contributed by atoms with E-state index in [1.165, 1.54) is 0 Å². The number of aromatic nitrogens is 2. The lowest BCUT2D eigenvalue weighted by Gasteiger charge is -2.10. The summed E-state index contributed by atoms with van der Waals surface area (Å²) in [5.74, 6) is 1.97. The molecule has 32 heavy (non-hydrogen) atoms. The normalized spacial score (nSPS) is 15.5. The standard InChI is InChI=1S/C22H24N6O4/c1-16-21-24-22(23-16)28-26-18-7-3-5-9-20(18)32-15-13-30-11-10-29-12-14-31-19-8-4-2-6-17(19)25-27-21/h2-9H,10-15H2,1H3,(H,23,24). The largest absolute Gasteiger partial charge is 0.489 e. The molecular formula is C22H24N6O4. The summed E-state index contributed by atoms with van der Waals surface area (Å²) in [5.41, 5.74) is 1.90. The molecule has 2 bridgehead atoms. The van der Waals surface area contributed by atoms with E-state index in [0.29, 0.717) is 74.3 Å². The van der Waals surface area contributed by atoms with Crippen LogP contribution < -0.4 is 9.47 Å². The first-order valence-corrected chi connectivity index (χ1v) is 10.3. The molecule has 0 unspecified atom stereocenters. The lowest BCUT2D eigenvalue weighted by molar-refractivity contribution is 0.0274. The van der Waals surface area contributed by atoms with Crippen molar-refractivity contribution in [2.24, 2.45) is 20.5 Å². The molecule has 1 N–H and O–H groups in total. The Hall–Kier alpha value is -3.63. The van der Waals surface area contributed by atoms with Crippen molar-refractivity contribution in [1.29, 1.82) is 0 Å². The second-order valence-corrected chi connectivity index (χ2v) is 6.77. The van der Waals surface area contributed by atoms with Crippen molar-refractivity contribution in [2.45, 2.75) is 6.92 Å². The number of para-hydroxylation sites is 2. The van der Waals surface area contributed by atoms with E-state index in [-0.39, 0.29) is 0 Å². The van der Waals surface area contributed by atoms with Gasteiger partial charge in [0.2, 0.25) is 5.95 Å². The summed E-state index contributed by atoms with van der Waals surface area (Å²) in [6.45, 7) is 4.42. The Balaban J connectivity index is 1.58. The molecule has 2 aromatic carbocycles. The molecule has 0 aliphatic carbocycles. The second-order valence-electron chi connectivity index (χ2n) is 6.77. The first-order valence-electron chi connectivity index (χ1n) is 10.3. The van der Waals surface area contributed by atoms with E-state index >= 15 is 0 Å². The first-order chi connectivity index (χ1) is 15.8. The molecule has 0 atom stereocenters. The third-order valence-corrected chi connectivity index (χ3v) is 4.42. The summed E-state index contributed by atoms with van der Waals surface area (Å²) in [4.78, 5) is 7.41. The van der Waals surface area contributed by atoms with Gasteiger partial charge >= 0.3 is 0 Å². The number of H-pyrrole nitrogens is 1. The summed E-state index contributed by atoms with van der Waals surface area (Å²) in [6.07, 6.45) is 0. The number of ether oxygens (including phenoxy) is 4. The Labute approximate surface area is 185 Å². The molecule has 1 aliphatic heterocycles. The lowest BCUT2D eigenvalue weighted by atomic mass is 10.3. The van der Waals surface area contributed by atoms with Gasteiger partial charge in [-0.3, -0.25) is 0 Å². The van der Waals surface area contributed by atoms with E-state index in [9.17, 15) is 0 Å². The van der Waals surface area contributed by atoms with E-state index in [2.05, 4.69) is 30.4 Å². The molecule has 1 aliphatic rings. The summed E-state index contributed by atoms with van der Waals surface area (Å²) >= 11 is 0. The van der Waals surface area contributed by atoms with Gasteiger partial charge in [-0.05, 0) is 31.2 Å².